The fraction of sp³-hybridized carbons (Fsp3) is 0.391. The van der Waals surface area contributed by atoms with Crippen molar-refractivity contribution in [2.24, 2.45) is 0 Å². The number of nitrogens with zero attached hydrogens (tertiary/aromatic N) is 1. The van der Waals surface area contributed by atoms with Gasteiger partial charge in [0.15, 0.2) is 0 Å². The van der Waals surface area contributed by atoms with Crippen LogP contribution in [0.3, 0.4) is 0 Å². The molecule has 7 heteroatoms. The molecule has 0 fully saturated rings. The van der Waals surface area contributed by atoms with E-state index in [2.05, 4.69) is 5.32 Å². The molecule has 2 aromatic rings. The average molecular weight is 415 g/mol. The molecule has 0 radical (unpaired) electrons. The van der Waals surface area contributed by atoms with Crippen molar-refractivity contribution < 1.29 is 23.8 Å². The number of ether oxygens (including phenoxy) is 3. The molecule has 30 heavy (non-hydrogen) atoms. The Kier molecular flexibility index (Phi) is 9.15. The highest BCUT2D eigenvalue weighted by Crippen LogP contribution is 2.21. The Morgan fingerprint density at radius 3 is 2.53 bits per heavy atom. The van der Waals surface area contributed by atoms with Crippen molar-refractivity contribution in [3.8, 4) is 5.75 Å². The standard InChI is InChI=1S/C23H30N2O5/c1-5-13-28-14-12-25(20-10-6-8-18(4)15-20)23(27)30-21-11-7-9-19(16-21)24-22(26)29-17(2)3/h6-11,15-17H,5,12-14H2,1-4H3,(H,24,26). The summed E-state index contributed by atoms with van der Waals surface area (Å²) in [6.07, 6.45) is -0.414. The molecule has 2 aromatic carbocycles. The first-order chi connectivity index (χ1) is 14.4. The average Bonchev–Trinajstić information content (AvgIpc) is 2.67. The summed E-state index contributed by atoms with van der Waals surface area (Å²) < 4.78 is 16.2. The van der Waals surface area contributed by atoms with Crippen molar-refractivity contribution in [3.63, 3.8) is 0 Å². The lowest BCUT2D eigenvalue weighted by Crippen LogP contribution is -2.36. The van der Waals surface area contributed by atoms with Gasteiger partial charge in [-0.2, -0.15) is 0 Å². The molecule has 0 saturated heterocycles. The number of amides is 2. The number of anilines is 2. The van der Waals surface area contributed by atoms with E-state index in [9.17, 15) is 9.59 Å². The Labute approximate surface area is 177 Å². The van der Waals surface area contributed by atoms with E-state index in [1.807, 2.05) is 38.1 Å². The van der Waals surface area contributed by atoms with Crippen LogP contribution in [-0.4, -0.2) is 38.0 Å². The fourth-order valence-corrected chi connectivity index (χ4v) is 2.68. The van der Waals surface area contributed by atoms with E-state index >= 15 is 0 Å². The van der Waals surface area contributed by atoms with Gasteiger partial charge in [-0.3, -0.25) is 10.2 Å². The number of carbonyl (C=O) groups is 2. The van der Waals surface area contributed by atoms with Crippen molar-refractivity contribution >= 4 is 23.6 Å². The van der Waals surface area contributed by atoms with Gasteiger partial charge in [-0.15, -0.1) is 0 Å². The Balaban J connectivity index is 2.10. The highest BCUT2D eigenvalue weighted by Gasteiger charge is 2.18. The van der Waals surface area contributed by atoms with Gasteiger partial charge in [0, 0.05) is 24.0 Å². The monoisotopic (exact) mass is 414 g/mol. The maximum atomic E-state index is 12.9. The van der Waals surface area contributed by atoms with Crippen molar-refractivity contribution in [1.82, 2.24) is 0 Å². The second-order valence-electron chi connectivity index (χ2n) is 7.08. The van der Waals surface area contributed by atoms with Crippen LogP contribution < -0.4 is 15.0 Å². The first-order valence-corrected chi connectivity index (χ1v) is 10.1. The van der Waals surface area contributed by atoms with Gasteiger partial charge in [0.05, 0.1) is 19.3 Å². The van der Waals surface area contributed by atoms with Crippen LogP contribution in [-0.2, 0) is 9.47 Å². The van der Waals surface area contributed by atoms with E-state index in [0.717, 1.165) is 17.7 Å². The van der Waals surface area contributed by atoms with E-state index in [0.29, 0.717) is 31.2 Å². The highest BCUT2D eigenvalue weighted by molar-refractivity contribution is 5.90. The summed E-state index contributed by atoms with van der Waals surface area (Å²) in [5.41, 5.74) is 2.24. The maximum Gasteiger partial charge on any atom is 0.419 e. The molecule has 0 unspecified atom stereocenters. The lowest BCUT2D eigenvalue weighted by Gasteiger charge is -2.22. The van der Waals surface area contributed by atoms with Crippen molar-refractivity contribution in [2.75, 3.05) is 30.0 Å². The minimum absolute atomic E-state index is 0.233. The molecule has 2 amide bonds. The molecule has 0 aromatic heterocycles. The smallest absolute Gasteiger partial charge is 0.419 e. The predicted molar refractivity (Wildman–Crippen MR) is 117 cm³/mol. The number of benzene rings is 2. The van der Waals surface area contributed by atoms with Gasteiger partial charge in [0.2, 0.25) is 0 Å². The van der Waals surface area contributed by atoms with Crippen molar-refractivity contribution in [1.29, 1.82) is 0 Å². The molecular formula is C23H30N2O5. The minimum Gasteiger partial charge on any atom is -0.447 e. The molecule has 0 heterocycles. The van der Waals surface area contributed by atoms with Gasteiger partial charge in [-0.25, -0.2) is 9.59 Å². The largest absolute Gasteiger partial charge is 0.447 e. The quantitative estimate of drug-likeness (QED) is 0.557. The minimum atomic E-state index is -0.567. The summed E-state index contributed by atoms with van der Waals surface area (Å²) >= 11 is 0. The predicted octanol–water partition coefficient (Wildman–Crippen LogP) is 5.38. The van der Waals surface area contributed by atoms with Crippen LogP contribution in [0.25, 0.3) is 0 Å². The summed E-state index contributed by atoms with van der Waals surface area (Å²) in [4.78, 5) is 26.2. The first-order valence-electron chi connectivity index (χ1n) is 10.1. The third kappa shape index (κ3) is 7.75. The molecule has 0 aliphatic rings. The normalized spacial score (nSPS) is 10.6. The van der Waals surface area contributed by atoms with Crippen LogP contribution in [0, 0.1) is 6.92 Å². The van der Waals surface area contributed by atoms with Crippen LogP contribution >= 0.6 is 0 Å². The van der Waals surface area contributed by atoms with Crippen LogP contribution in [0.15, 0.2) is 48.5 Å². The second-order valence-corrected chi connectivity index (χ2v) is 7.08. The number of nitrogens with one attached hydrogen (secondary N) is 1. The molecule has 0 spiro atoms. The van der Waals surface area contributed by atoms with E-state index in [-0.39, 0.29) is 6.10 Å². The van der Waals surface area contributed by atoms with Crippen molar-refractivity contribution in [2.45, 2.75) is 40.2 Å². The number of aryl methyl sites for hydroxylation is 1. The number of hydrogen-bond donors (Lipinski definition) is 1. The molecule has 0 bridgehead atoms. The first kappa shape index (κ1) is 23.2. The van der Waals surface area contributed by atoms with Crippen molar-refractivity contribution in [3.05, 3.63) is 54.1 Å². The van der Waals surface area contributed by atoms with Gasteiger partial charge in [-0.1, -0.05) is 25.1 Å². The van der Waals surface area contributed by atoms with Gasteiger partial charge in [0.25, 0.3) is 0 Å². The van der Waals surface area contributed by atoms with Gasteiger partial charge >= 0.3 is 12.2 Å². The lowest BCUT2D eigenvalue weighted by molar-refractivity contribution is 0.130. The summed E-state index contributed by atoms with van der Waals surface area (Å²) in [6.45, 7) is 8.93. The third-order valence-corrected chi connectivity index (χ3v) is 3.97. The summed E-state index contributed by atoms with van der Waals surface area (Å²) in [7, 11) is 0. The Morgan fingerprint density at radius 1 is 1.07 bits per heavy atom. The molecule has 2 rings (SSSR count). The van der Waals surface area contributed by atoms with Crippen LogP contribution in [0.2, 0.25) is 0 Å². The molecule has 0 saturated carbocycles. The number of hydrogen-bond acceptors (Lipinski definition) is 5. The zero-order valence-electron chi connectivity index (χ0n) is 18.0. The molecular weight excluding hydrogens is 384 g/mol. The molecule has 0 atom stereocenters. The lowest BCUT2D eigenvalue weighted by atomic mass is 10.2. The molecule has 162 valence electrons. The Hall–Kier alpha value is -3.06. The topological polar surface area (TPSA) is 77.1 Å². The van der Waals surface area contributed by atoms with Crippen LogP contribution in [0.5, 0.6) is 5.75 Å². The summed E-state index contributed by atoms with van der Waals surface area (Å²) in [6, 6.07) is 14.2. The zero-order valence-corrected chi connectivity index (χ0v) is 18.0. The van der Waals surface area contributed by atoms with Gasteiger partial charge in [-0.05, 0) is 57.0 Å². The highest BCUT2D eigenvalue weighted by atomic mass is 16.6. The third-order valence-electron chi connectivity index (χ3n) is 3.97. The summed E-state index contributed by atoms with van der Waals surface area (Å²) in [5, 5.41) is 2.62. The van der Waals surface area contributed by atoms with E-state index in [1.54, 1.807) is 38.1 Å². The molecule has 0 aliphatic carbocycles. The fourth-order valence-electron chi connectivity index (χ4n) is 2.68. The summed E-state index contributed by atoms with van der Waals surface area (Å²) in [5.74, 6) is 0.314. The Morgan fingerprint density at radius 2 is 1.83 bits per heavy atom. The molecule has 7 nitrogen and oxygen atoms in total. The Bertz CT molecular complexity index is 838. The zero-order chi connectivity index (χ0) is 21.9. The number of rotatable bonds is 9. The van der Waals surface area contributed by atoms with Crippen LogP contribution in [0.1, 0.15) is 32.8 Å². The van der Waals surface area contributed by atoms with Crippen LogP contribution in [0.4, 0.5) is 21.0 Å². The molecule has 0 aliphatic heterocycles. The van der Waals surface area contributed by atoms with Gasteiger partial charge < -0.3 is 14.2 Å². The van der Waals surface area contributed by atoms with E-state index in [4.69, 9.17) is 14.2 Å². The maximum absolute atomic E-state index is 12.9. The second kappa shape index (κ2) is 11.8. The van der Waals surface area contributed by atoms with Gasteiger partial charge in [0.1, 0.15) is 5.75 Å². The number of carbonyl (C=O) groups excluding carboxylic acids is 2. The molecule has 1 N–H and O–H groups in total. The van der Waals surface area contributed by atoms with E-state index < -0.39 is 12.2 Å². The van der Waals surface area contributed by atoms with E-state index in [1.165, 1.54) is 4.90 Å². The SMILES string of the molecule is CCCOCCN(C(=O)Oc1cccc(NC(=O)OC(C)C)c1)c1cccc(C)c1.